The van der Waals surface area contributed by atoms with Crippen molar-refractivity contribution < 1.29 is 27.9 Å². The molecule has 1 fully saturated rings. The minimum atomic E-state index is -4.32. The van der Waals surface area contributed by atoms with Crippen molar-refractivity contribution in [1.29, 1.82) is 0 Å². The fraction of sp³-hybridized carbons (Fsp3) is 0.467. The molecule has 0 spiro atoms. The maximum atomic E-state index is 12.3. The molecule has 1 saturated heterocycles. The number of likely N-dealkylation sites (tertiary alicyclic amines) is 1. The average Bonchev–Trinajstić information content (AvgIpc) is 2.91. The number of benzene rings is 1. The van der Waals surface area contributed by atoms with Gasteiger partial charge in [-0.05, 0) is 24.3 Å². The van der Waals surface area contributed by atoms with Crippen molar-refractivity contribution in [2.45, 2.75) is 12.6 Å². The molecule has 9 heteroatoms. The molecule has 1 amide bonds. The van der Waals surface area contributed by atoms with E-state index >= 15 is 0 Å². The Balaban J connectivity index is 2.01. The second-order valence-corrected chi connectivity index (χ2v) is 6.11. The first-order valence-electron chi connectivity index (χ1n) is 7.24. The number of rotatable bonds is 5. The number of carbonyl (C=O) groups excluding carboxylic acids is 1. The summed E-state index contributed by atoms with van der Waals surface area (Å²) >= 11 is 5.74. The second-order valence-electron chi connectivity index (χ2n) is 5.67. The zero-order valence-corrected chi connectivity index (χ0v) is 13.3. The lowest BCUT2D eigenvalue weighted by Crippen LogP contribution is -2.32. The van der Waals surface area contributed by atoms with E-state index in [0.717, 1.165) is 0 Å². The number of hydrogen-bond acceptors (Lipinski definition) is 3. The van der Waals surface area contributed by atoms with Crippen molar-refractivity contribution in [3.63, 3.8) is 0 Å². The molecule has 0 radical (unpaired) electrons. The van der Waals surface area contributed by atoms with Gasteiger partial charge < -0.3 is 15.3 Å². The standard InChI is InChI=1S/C15H16ClF3N2O3/c16-9-1-3-10(4-2-9)20-13(22)11-7-21(6-5-15(17,18)19)8-12(11)14(23)24/h1-4,11-12H,5-8H2,(H,20,22)(H,23,24)/t11-,12-/m1/s1. The molecule has 0 aliphatic carbocycles. The van der Waals surface area contributed by atoms with Gasteiger partial charge in [0.2, 0.25) is 5.91 Å². The third-order valence-corrected chi connectivity index (χ3v) is 4.12. The summed E-state index contributed by atoms with van der Waals surface area (Å²) in [5.74, 6) is -3.67. The van der Waals surface area contributed by atoms with Gasteiger partial charge in [-0.2, -0.15) is 13.2 Å². The largest absolute Gasteiger partial charge is 0.481 e. The Labute approximate surface area is 141 Å². The number of aliphatic carboxylic acids is 1. The highest BCUT2D eigenvalue weighted by Gasteiger charge is 2.42. The van der Waals surface area contributed by atoms with E-state index in [4.69, 9.17) is 11.6 Å². The van der Waals surface area contributed by atoms with Crippen LogP contribution in [-0.4, -0.2) is 47.7 Å². The highest BCUT2D eigenvalue weighted by Crippen LogP contribution is 2.28. The van der Waals surface area contributed by atoms with Gasteiger partial charge in [0.25, 0.3) is 0 Å². The van der Waals surface area contributed by atoms with E-state index in [-0.39, 0.29) is 19.6 Å². The molecule has 1 aliphatic rings. The number of hydrogen-bond donors (Lipinski definition) is 2. The minimum Gasteiger partial charge on any atom is -0.481 e. The summed E-state index contributed by atoms with van der Waals surface area (Å²) in [6.45, 7) is -0.422. The summed E-state index contributed by atoms with van der Waals surface area (Å²) in [5, 5.41) is 12.3. The number of amides is 1. The van der Waals surface area contributed by atoms with Crippen LogP contribution in [-0.2, 0) is 9.59 Å². The Kier molecular flexibility index (Phi) is 5.71. The van der Waals surface area contributed by atoms with Crippen molar-refractivity contribution in [3.05, 3.63) is 29.3 Å². The normalized spacial score (nSPS) is 21.7. The Morgan fingerprint density at radius 3 is 2.33 bits per heavy atom. The van der Waals surface area contributed by atoms with Crippen LogP contribution in [0.15, 0.2) is 24.3 Å². The lowest BCUT2D eigenvalue weighted by Gasteiger charge is -2.16. The summed E-state index contributed by atoms with van der Waals surface area (Å²) in [7, 11) is 0. The summed E-state index contributed by atoms with van der Waals surface area (Å²) in [5.41, 5.74) is 0.447. The predicted octanol–water partition coefficient (Wildman–Crippen LogP) is 2.86. The summed E-state index contributed by atoms with van der Waals surface area (Å²) < 4.78 is 36.9. The van der Waals surface area contributed by atoms with Crippen LogP contribution in [0.5, 0.6) is 0 Å². The Hall–Kier alpha value is -1.80. The molecule has 0 unspecified atom stereocenters. The van der Waals surface area contributed by atoms with Gasteiger partial charge >= 0.3 is 12.1 Å². The van der Waals surface area contributed by atoms with Crippen LogP contribution >= 0.6 is 11.6 Å². The number of carboxylic acids is 1. The first-order valence-corrected chi connectivity index (χ1v) is 7.62. The van der Waals surface area contributed by atoms with Gasteiger partial charge in [-0.25, -0.2) is 0 Å². The molecule has 1 aliphatic heterocycles. The second kappa shape index (κ2) is 7.40. The SMILES string of the molecule is O=C(O)[C@@H]1CN(CCC(F)(F)F)C[C@H]1C(=O)Nc1ccc(Cl)cc1. The van der Waals surface area contributed by atoms with Crippen LogP contribution in [0.25, 0.3) is 0 Å². The first-order chi connectivity index (χ1) is 11.2. The molecule has 132 valence electrons. The summed E-state index contributed by atoms with van der Waals surface area (Å²) in [6.07, 6.45) is -5.35. The van der Waals surface area contributed by atoms with E-state index in [1.54, 1.807) is 24.3 Å². The molecule has 24 heavy (non-hydrogen) atoms. The number of nitrogens with one attached hydrogen (secondary N) is 1. The number of nitrogens with zero attached hydrogens (tertiary/aromatic N) is 1. The third kappa shape index (κ3) is 5.10. The van der Waals surface area contributed by atoms with E-state index in [9.17, 15) is 27.9 Å². The maximum absolute atomic E-state index is 12.3. The van der Waals surface area contributed by atoms with Crippen molar-refractivity contribution in [3.8, 4) is 0 Å². The van der Waals surface area contributed by atoms with Gasteiger partial charge in [0.15, 0.2) is 0 Å². The van der Waals surface area contributed by atoms with Crippen molar-refractivity contribution in [1.82, 2.24) is 4.90 Å². The maximum Gasteiger partial charge on any atom is 0.390 e. The molecule has 0 saturated carbocycles. The molecular weight excluding hydrogens is 349 g/mol. The van der Waals surface area contributed by atoms with E-state index in [1.165, 1.54) is 4.90 Å². The fourth-order valence-electron chi connectivity index (χ4n) is 2.64. The van der Waals surface area contributed by atoms with Crippen molar-refractivity contribution in [2.24, 2.45) is 11.8 Å². The van der Waals surface area contributed by atoms with Gasteiger partial charge in [-0.15, -0.1) is 0 Å². The lowest BCUT2D eigenvalue weighted by molar-refractivity contribution is -0.144. The van der Waals surface area contributed by atoms with Gasteiger partial charge in [0.05, 0.1) is 18.3 Å². The quantitative estimate of drug-likeness (QED) is 0.843. The van der Waals surface area contributed by atoms with E-state index < -0.39 is 36.3 Å². The molecule has 0 aromatic heterocycles. The molecule has 2 N–H and O–H groups in total. The van der Waals surface area contributed by atoms with E-state index in [2.05, 4.69) is 5.32 Å². The Morgan fingerprint density at radius 2 is 1.79 bits per heavy atom. The average molecular weight is 365 g/mol. The van der Waals surface area contributed by atoms with Crippen LogP contribution in [0.4, 0.5) is 18.9 Å². The van der Waals surface area contributed by atoms with Crippen LogP contribution in [0, 0.1) is 11.8 Å². The minimum absolute atomic E-state index is 0.0214. The summed E-state index contributed by atoms with van der Waals surface area (Å²) in [4.78, 5) is 25.0. The van der Waals surface area contributed by atoms with Gasteiger partial charge in [0.1, 0.15) is 0 Å². The van der Waals surface area contributed by atoms with Crippen LogP contribution in [0.1, 0.15) is 6.42 Å². The zero-order chi connectivity index (χ0) is 17.9. The van der Waals surface area contributed by atoms with Crippen molar-refractivity contribution >= 4 is 29.2 Å². The number of halogens is 4. The first kappa shape index (κ1) is 18.5. The fourth-order valence-corrected chi connectivity index (χ4v) is 2.76. The topological polar surface area (TPSA) is 69.6 Å². The van der Waals surface area contributed by atoms with Gasteiger partial charge in [-0.3, -0.25) is 9.59 Å². The highest BCUT2D eigenvalue weighted by atomic mass is 35.5. The Bertz CT molecular complexity index is 607. The number of carbonyl (C=O) groups is 2. The summed E-state index contributed by atoms with van der Waals surface area (Å²) in [6, 6.07) is 6.25. The van der Waals surface area contributed by atoms with Gasteiger partial charge in [0, 0.05) is 30.3 Å². The van der Waals surface area contributed by atoms with E-state index in [1.807, 2.05) is 0 Å². The molecule has 1 aromatic rings. The molecule has 1 heterocycles. The number of carboxylic acid groups (broad SMARTS) is 1. The molecule has 5 nitrogen and oxygen atoms in total. The van der Waals surface area contributed by atoms with Gasteiger partial charge in [-0.1, -0.05) is 11.6 Å². The zero-order valence-electron chi connectivity index (χ0n) is 12.5. The van der Waals surface area contributed by atoms with Crippen LogP contribution in [0.3, 0.4) is 0 Å². The lowest BCUT2D eigenvalue weighted by atomic mass is 9.95. The molecule has 2 rings (SSSR count). The number of alkyl halides is 3. The molecule has 1 aromatic carbocycles. The van der Waals surface area contributed by atoms with Crippen LogP contribution in [0.2, 0.25) is 5.02 Å². The van der Waals surface area contributed by atoms with E-state index in [0.29, 0.717) is 10.7 Å². The third-order valence-electron chi connectivity index (χ3n) is 3.87. The molecule has 2 atom stereocenters. The Morgan fingerprint density at radius 1 is 1.21 bits per heavy atom. The smallest absolute Gasteiger partial charge is 0.390 e. The predicted molar refractivity (Wildman–Crippen MR) is 81.8 cm³/mol. The van der Waals surface area contributed by atoms with Crippen LogP contribution < -0.4 is 5.32 Å². The monoisotopic (exact) mass is 364 g/mol. The highest BCUT2D eigenvalue weighted by molar-refractivity contribution is 6.30. The van der Waals surface area contributed by atoms with Crippen molar-refractivity contribution in [2.75, 3.05) is 25.0 Å². The molecular formula is C15H16ClF3N2O3. The molecule has 0 bridgehead atoms. The number of anilines is 1.